The SMILES string of the molecule is Fc1cccc(F)c1-c1ccncc1CN1C(c2ccco2)=NO[C@@H]1c1cccc(C(F)(F)F)c1Cl. The maximum absolute atomic E-state index is 14.6. The van der Waals surface area contributed by atoms with Crippen LogP contribution in [-0.4, -0.2) is 15.7 Å². The Kier molecular flexibility index (Phi) is 6.13. The highest BCUT2D eigenvalue weighted by atomic mass is 35.5. The van der Waals surface area contributed by atoms with Gasteiger partial charge in [-0.2, -0.15) is 13.2 Å². The van der Waals surface area contributed by atoms with Crippen molar-refractivity contribution < 1.29 is 31.2 Å². The van der Waals surface area contributed by atoms with Crippen molar-refractivity contribution in [1.82, 2.24) is 9.88 Å². The van der Waals surface area contributed by atoms with Crippen molar-refractivity contribution in [1.29, 1.82) is 0 Å². The summed E-state index contributed by atoms with van der Waals surface area (Å²) in [5.41, 5.74) is -0.730. The number of nitrogens with zero attached hydrogens (tertiary/aromatic N) is 3. The number of aromatic nitrogens is 1. The van der Waals surface area contributed by atoms with Crippen LogP contribution in [0.5, 0.6) is 0 Å². The van der Waals surface area contributed by atoms with Gasteiger partial charge in [0.25, 0.3) is 0 Å². The summed E-state index contributed by atoms with van der Waals surface area (Å²) in [5, 5.41) is 3.47. The van der Waals surface area contributed by atoms with Crippen LogP contribution in [0.3, 0.4) is 0 Å². The molecule has 5 nitrogen and oxygen atoms in total. The number of hydrogen-bond acceptors (Lipinski definition) is 5. The Labute approximate surface area is 206 Å². The number of amidine groups is 1. The van der Waals surface area contributed by atoms with E-state index in [1.807, 2.05) is 0 Å². The molecule has 0 spiro atoms. The third kappa shape index (κ3) is 4.28. The number of hydrogen-bond donors (Lipinski definition) is 0. The lowest BCUT2D eigenvalue weighted by Gasteiger charge is -2.27. The molecular formula is C25H15ClF5N3O2. The van der Waals surface area contributed by atoms with Crippen molar-refractivity contribution >= 4 is 17.4 Å². The summed E-state index contributed by atoms with van der Waals surface area (Å²) < 4.78 is 75.2. The van der Waals surface area contributed by atoms with E-state index >= 15 is 0 Å². The highest BCUT2D eigenvalue weighted by Gasteiger charge is 2.40. The Hall–Kier alpha value is -3.92. The first-order chi connectivity index (χ1) is 17.3. The van der Waals surface area contributed by atoms with Crippen LogP contribution in [0.2, 0.25) is 5.02 Å². The first-order valence-electron chi connectivity index (χ1n) is 10.5. The Morgan fingerprint density at radius 2 is 1.72 bits per heavy atom. The fourth-order valence-electron chi connectivity index (χ4n) is 3.99. The lowest BCUT2D eigenvalue weighted by Crippen LogP contribution is -2.31. The van der Waals surface area contributed by atoms with E-state index in [9.17, 15) is 22.0 Å². The molecule has 0 saturated heterocycles. The molecule has 0 N–H and O–H groups in total. The number of oxime groups is 1. The fourth-order valence-corrected chi connectivity index (χ4v) is 4.32. The van der Waals surface area contributed by atoms with Crippen LogP contribution in [0.4, 0.5) is 22.0 Å². The number of pyridine rings is 1. The number of halogens is 6. The Morgan fingerprint density at radius 1 is 0.972 bits per heavy atom. The molecule has 0 saturated carbocycles. The maximum Gasteiger partial charge on any atom is 0.417 e. The monoisotopic (exact) mass is 519 g/mol. The molecule has 1 aliphatic heterocycles. The molecule has 0 unspecified atom stereocenters. The van der Waals surface area contributed by atoms with Crippen molar-refractivity contribution in [2.24, 2.45) is 5.16 Å². The van der Waals surface area contributed by atoms with E-state index in [0.29, 0.717) is 5.56 Å². The van der Waals surface area contributed by atoms with Crippen molar-refractivity contribution in [2.45, 2.75) is 18.9 Å². The van der Waals surface area contributed by atoms with Gasteiger partial charge in [0.1, 0.15) is 11.6 Å². The second-order valence-electron chi connectivity index (χ2n) is 7.81. The average molecular weight is 520 g/mol. The minimum atomic E-state index is -4.69. The van der Waals surface area contributed by atoms with Crippen molar-refractivity contribution in [2.75, 3.05) is 0 Å². The summed E-state index contributed by atoms with van der Waals surface area (Å²) in [6.07, 6.45) is -1.71. The number of furan rings is 1. The molecule has 0 amide bonds. The van der Waals surface area contributed by atoms with Gasteiger partial charge in [-0.25, -0.2) is 8.78 Å². The van der Waals surface area contributed by atoms with E-state index in [2.05, 4.69) is 10.1 Å². The summed E-state index contributed by atoms with van der Waals surface area (Å²) >= 11 is 6.17. The molecule has 1 atom stereocenters. The van der Waals surface area contributed by atoms with Gasteiger partial charge in [-0.3, -0.25) is 4.98 Å². The smallest absolute Gasteiger partial charge is 0.417 e. The standard InChI is InChI=1S/C25H15ClF5N3O2/c26-22-16(4-1-5-17(22)25(29,30)31)24-34(23(33-36-24)20-8-3-11-35-20)13-14-12-32-10-9-15(14)21-18(27)6-2-7-19(21)28/h1-12,24H,13H2/t24-/m1/s1. The third-order valence-corrected chi connectivity index (χ3v) is 6.03. The minimum Gasteiger partial charge on any atom is -0.461 e. The molecule has 5 rings (SSSR count). The van der Waals surface area contributed by atoms with Crippen LogP contribution in [0.25, 0.3) is 11.1 Å². The van der Waals surface area contributed by atoms with Gasteiger partial charge >= 0.3 is 6.18 Å². The predicted octanol–water partition coefficient (Wildman–Crippen LogP) is 7.18. The van der Waals surface area contributed by atoms with Crippen molar-refractivity contribution in [3.8, 4) is 11.1 Å². The van der Waals surface area contributed by atoms with E-state index in [0.717, 1.165) is 18.2 Å². The van der Waals surface area contributed by atoms with Gasteiger partial charge in [0, 0.05) is 18.0 Å². The zero-order valence-electron chi connectivity index (χ0n) is 18.1. The number of rotatable bonds is 5. The lowest BCUT2D eigenvalue weighted by molar-refractivity contribution is -0.137. The molecule has 184 valence electrons. The van der Waals surface area contributed by atoms with Crippen LogP contribution in [-0.2, 0) is 17.6 Å². The van der Waals surface area contributed by atoms with Gasteiger partial charge in [-0.05, 0) is 47.5 Å². The number of alkyl halides is 3. The third-order valence-electron chi connectivity index (χ3n) is 5.61. The Balaban J connectivity index is 1.61. The molecule has 2 aromatic carbocycles. The average Bonchev–Trinajstić information content (AvgIpc) is 3.50. The lowest BCUT2D eigenvalue weighted by atomic mass is 9.99. The fraction of sp³-hybridized carbons (Fsp3) is 0.120. The molecule has 0 radical (unpaired) electrons. The van der Waals surface area contributed by atoms with E-state index in [-0.39, 0.29) is 34.8 Å². The molecule has 0 aliphatic carbocycles. The molecule has 36 heavy (non-hydrogen) atoms. The quantitative estimate of drug-likeness (QED) is 0.262. The highest BCUT2D eigenvalue weighted by molar-refractivity contribution is 6.32. The zero-order valence-corrected chi connectivity index (χ0v) is 18.9. The van der Waals surface area contributed by atoms with E-state index in [1.54, 1.807) is 12.1 Å². The van der Waals surface area contributed by atoms with Crippen LogP contribution >= 0.6 is 11.6 Å². The van der Waals surface area contributed by atoms with Gasteiger partial charge in [0.15, 0.2) is 5.76 Å². The minimum absolute atomic E-state index is 0.000639. The maximum atomic E-state index is 14.6. The summed E-state index contributed by atoms with van der Waals surface area (Å²) in [6.45, 7) is -0.103. The van der Waals surface area contributed by atoms with Crippen LogP contribution in [0, 0.1) is 11.6 Å². The molecule has 2 aromatic heterocycles. The summed E-state index contributed by atoms with van der Waals surface area (Å²) in [5.74, 6) is -1.14. The van der Waals surface area contributed by atoms with Gasteiger partial charge in [-0.1, -0.05) is 35.0 Å². The topological polar surface area (TPSA) is 50.9 Å². The van der Waals surface area contributed by atoms with Gasteiger partial charge in [-0.15, -0.1) is 0 Å². The van der Waals surface area contributed by atoms with Gasteiger partial charge in [0.2, 0.25) is 12.1 Å². The van der Waals surface area contributed by atoms with Gasteiger partial charge < -0.3 is 14.2 Å². The van der Waals surface area contributed by atoms with Gasteiger partial charge in [0.05, 0.1) is 29.0 Å². The molecule has 11 heteroatoms. The molecular weight excluding hydrogens is 505 g/mol. The van der Waals surface area contributed by atoms with Crippen LogP contribution < -0.4 is 0 Å². The van der Waals surface area contributed by atoms with E-state index in [1.165, 1.54) is 47.8 Å². The predicted molar refractivity (Wildman–Crippen MR) is 121 cm³/mol. The Morgan fingerprint density at radius 3 is 2.42 bits per heavy atom. The largest absolute Gasteiger partial charge is 0.461 e. The normalized spacial score (nSPS) is 15.7. The number of benzene rings is 2. The second-order valence-corrected chi connectivity index (χ2v) is 8.19. The second kappa shape index (κ2) is 9.27. The molecule has 3 heterocycles. The first-order valence-corrected chi connectivity index (χ1v) is 10.9. The van der Waals surface area contributed by atoms with Crippen molar-refractivity contribution in [3.05, 3.63) is 112 Å². The van der Waals surface area contributed by atoms with Crippen LogP contribution in [0.15, 0.2) is 82.8 Å². The summed E-state index contributed by atoms with van der Waals surface area (Å²) in [4.78, 5) is 11.1. The molecule has 0 bridgehead atoms. The molecule has 1 aliphatic rings. The summed E-state index contributed by atoms with van der Waals surface area (Å²) in [7, 11) is 0. The van der Waals surface area contributed by atoms with Crippen LogP contribution in [0.1, 0.15) is 28.7 Å². The highest BCUT2D eigenvalue weighted by Crippen LogP contribution is 2.42. The van der Waals surface area contributed by atoms with E-state index in [4.69, 9.17) is 20.9 Å². The van der Waals surface area contributed by atoms with E-state index < -0.39 is 34.6 Å². The molecule has 0 fully saturated rings. The first kappa shape index (κ1) is 23.8. The Bertz CT molecular complexity index is 1420. The molecule has 4 aromatic rings. The summed E-state index contributed by atoms with van der Waals surface area (Å²) in [6, 6.07) is 11.6. The van der Waals surface area contributed by atoms with Crippen molar-refractivity contribution in [3.63, 3.8) is 0 Å². The zero-order chi connectivity index (χ0) is 25.4.